The van der Waals surface area contributed by atoms with Gasteiger partial charge in [0.1, 0.15) is 11.3 Å². The summed E-state index contributed by atoms with van der Waals surface area (Å²) in [4.78, 5) is 0.633. The molecule has 5 nitrogen and oxygen atoms in total. The van der Waals surface area contributed by atoms with Gasteiger partial charge >= 0.3 is 0 Å². The van der Waals surface area contributed by atoms with Gasteiger partial charge in [0.25, 0.3) is 0 Å². The average molecular weight is 165 g/mol. The molecule has 0 unspecified atom stereocenters. The van der Waals surface area contributed by atoms with Crippen molar-refractivity contribution >= 4 is 11.0 Å². The summed E-state index contributed by atoms with van der Waals surface area (Å²) in [7, 11) is 0. The van der Waals surface area contributed by atoms with Gasteiger partial charge in [-0.15, -0.1) is 5.10 Å². The average Bonchev–Trinajstić information content (AvgIpc) is 2.41. The van der Waals surface area contributed by atoms with Crippen LogP contribution in [0, 0.1) is 6.92 Å². The van der Waals surface area contributed by atoms with Crippen molar-refractivity contribution in [3.8, 4) is 5.75 Å². The Balaban J connectivity index is 2.93. The maximum absolute atomic E-state index is 9.44. The van der Waals surface area contributed by atoms with Crippen molar-refractivity contribution in [2.24, 2.45) is 0 Å². The van der Waals surface area contributed by atoms with Crippen molar-refractivity contribution < 1.29 is 10.3 Å². The largest absolute Gasteiger partial charge is 0.505 e. The lowest BCUT2D eigenvalue weighted by Crippen LogP contribution is -1.91. The summed E-state index contributed by atoms with van der Waals surface area (Å²) in [6, 6.07) is 3.33. The van der Waals surface area contributed by atoms with Crippen molar-refractivity contribution in [1.29, 1.82) is 0 Å². The van der Waals surface area contributed by atoms with Crippen molar-refractivity contribution in [3.05, 3.63) is 17.7 Å². The quantitative estimate of drug-likeness (QED) is 0.563. The number of fused-ring (bicyclic) bond motifs is 1. The number of nitrogens with zero attached hydrogens (tertiary/aromatic N) is 3. The van der Waals surface area contributed by atoms with Gasteiger partial charge in [0.15, 0.2) is 5.52 Å². The molecular weight excluding hydrogens is 158 g/mol. The fraction of sp³-hybridized carbons (Fsp3) is 0.143. The fourth-order valence-electron chi connectivity index (χ4n) is 1.07. The van der Waals surface area contributed by atoms with Gasteiger partial charge in [-0.1, -0.05) is 10.9 Å². The molecule has 1 heterocycles. The molecule has 0 fully saturated rings. The lowest BCUT2D eigenvalue weighted by Gasteiger charge is -1.96. The van der Waals surface area contributed by atoms with Crippen LogP contribution < -0.4 is 0 Å². The molecule has 0 bridgehead atoms. The van der Waals surface area contributed by atoms with E-state index >= 15 is 0 Å². The number of phenolic OH excluding ortho intramolecular Hbond substituents is 1. The highest BCUT2D eigenvalue weighted by molar-refractivity contribution is 5.81. The summed E-state index contributed by atoms with van der Waals surface area (Å²) in [5.41, 5.74) is 1.43. The standard InChI is InChI=1S/C7H7N3O2/c1-4-2-3-5-6(7(4)11)8-9-10(5)12/h2-3,11-12H,1H3. The molecular formula is C7H7N3O2. The Morgan fingerprint density at radius 1 is 1.42 bits per heavy atom. The topological polar surface area (TPSA) is 71.2 Å². The van der Waals surface area contributed by atoms with E-state index in [0.717, 1.165) is 0 Å². The number of phenols is 1. The molecule has 1 aromatic carbocycles. The first-order chi connectivity index (χ1) is 5.70. The monoisotopic (exact) mass is 165 g/mol. The molecule has 0 spiro atoms. The predicted molar refractivity (Wildman–Crippen MR) is 41.1 cm³/mol. The minimum atomic E-state index is 0.0628. The normalized spacial score (nSPS) is 10.8. The van der Waals surface area contributed by atoms with Crippen LogP contribution in [0.3, 0.4) is 0 Å². The van der Waals surface area contributed by atoms with E-state index in [-0.39, 0.29) is 5.75 Å². The van der Waals surface area contributed by atoms with Crippen molar-refractivity contribution in [1.82, 2.24) is 15.2 Å². The summed E-state index contributed by atoms with van der Waals surface area (Å²) < 4.78 is 0. The van der Waals surface area contributed by atoms with Crippen molar-refractivity contribution in [3.63, 3.8) is 0 Å². The molecule has 2 N–H and O–H groups in total. The van der Waals surface area contributed by atoms with Crippen LogP contribution >= 0.6 is 0 Å². The smallest absolute Gasteiger partial charge is 0.158 e. The first-order valence-corrected chi connectivity index (χ1v) is 3.43. The van der Waals surface area contributed by atoms with Crippen LogP contribution in [-0.2, 0) is 0 Å². The lowest BCUT2D eigenvalue weighted by atomic mass is 10.2. The van der Waals surface area contributed by atoms with E-state index in [9.17, 15) is 5.11 Å². The number of hydrogen-bond acceptors (Lipinski definition) is 4. The van der Waals surface area contributed by atoms with E-state index in [4.69, 9.17) is 5.21 Å². The zero-order chi connectivity index (χ0) is 8.72. The van der Waals surface area contributed by atoms with Gasteiger partial charge in [-0.05, 0) is 23.8 Å². The molecule has 0 saturated carbocycles. The van der Waals surface area contributed by atoms with E-state index in [1.165, 1.54) is 0 Å². The summed E-state index contributed by atoms with van der Waals surface area (Å²) in [6.07, 6.45) is 0. The third kappa shape index (κ3) is 0.730. The van der Waals surface area contributed by atoms with Gasteiger partial charge in [-0.3, -0.25) is 0 Å². The lowest BCUT2D eigenvalue weighted by molar-refractivity contribution is 0.154. The van der Waals surface area contributed by atoms with Crippen molar-refractivity contribution in [2.45, 2.75) is 6.92 Å². The maximum Gasteiger partial charge on any atom is 0.158 e. The van der Waals surface area contributed by atoms with Crippen LogP contribution in [0.1, 0.15) is 5.56 Å². The van der Waals surface area contributed by atoms with Crippen LogP contribution in [0.4, 0.5) is 0 Å². The predicted octanol–water partition coefficient (Wildman–Crippen LogP) is 0.683. The highest BCUT2D eigenvalue weighted by atomic mass is 16.5. The molecule has 2 rings (SSSR count). The first-order valence-electron chi connectivity index (χ1n) is 3.43. The van der Waals surface area contributed by atoms with Crippen LogP contribution in [0.25, 0.3) is 11.0 Å². The second kappa shape index (κ2) is 2.10. The van der Waals surface area contributed by atoms with Crippen LogP contribution in [0.5, 0.6) is 5.75 Å². The summed E-state index contributed by atoms with van der Waals surface area (Å²) in [5, 5.41) is 25.5. The van der Waals surface area contributed by atoms with Crippen LogP contribution in [0.15, 0.2) is 12.1 Å². The van der Waals surface area contributed by atoms with E-state index in [1.807, 2.05) is 0 Å². The van der Waals surface area contributed by atoms with E-state index in [0.29, 0.717) is 21.4 Å². The second-order valence-corrected chi connectivity index (χ2v) is 2.58. The van der Waals surface area contributed by atoms with Gasteiger partial charge < -0.3 is 10.3 Å². The fourth-order valence-corrected chi connectivity index (χ4v) is 1.07. The number of aromatic nitrogens is 3. The SMILES string of the molecule is Cc1ccc2c(nnn2O)c1O. The zero-order valence-electron chi connectivity index (χ0n) is 6.39. The molecule has 12 heavy (non-hydrogen) atoms. The molecule has 0 amide bonds. The molecule has 62 valence electrons. The Bertz CT molecular complexity index is 435. The Morgan fingerprint density at radius 3 is 2.92 bits per heavy atom. The summed E-state index contributed by atoms with van der Waals surface area (Å²) in [5.74, 6) is 0.0628. The first kappa shape index (κ1) is 6.90. The molecule has 2 aromatic rings. The molecule has 0 aliphatic heterocycles. The number of hydrogen-bond donors (Lipinski definition) is 2. The van der Waals surface area contributed by atoms with Gasteiger partial charge in [-0.2, -0.15) is 0 Å². The minimum absolute atomic E-state index is 0.0628. The third-order valence-corrected chi connectivity index (χ3v) is 1.78. The summed E-state index contributed by atoms with van der Waals surface area (Å²) in [6.45, 7) is 1.76. The van der Waals surface area contributed by atoms with E-state index in [1.54, 1.807) is 19.1 Å². The maximum atomic E-state index is 9.44. The molecule has 1 aromatic heterocycles. The molecule has 0 aliphatic rings. The molecule has 0 radical (unpaired) electrons. The molecule has 0 saturated heterocycles. The van der Waals surface area contributed by atoms with Gasteiger partial charge in [0.05, 0.1) is 0 Å². The number of benzene rings is 1. The molecule has 5 heteroatoms. The molecule has 0 aliphatic carbocycles. The zero-order valence-corrected chi connectivity index (χ0v) is 6.39. The van der Waals surface area contributed by atoms with Crippen LogP contribution in [-0.4, -0.2) is 25.5 Å². The minimum Gasteiger partial charge on any atom is -0.505 e. The number of rotatable bonds is 0. The summed E-state index contributed by atoms with van der Waals surface area (Å²) >= 11 is 0. The third-order valence-electron chi connectivity index (χ3n) is 1.78. The molecule has 0 atom stereocenters. The van der Waals surface area contributed by atoms with Gasteiger partial charge in [-0.25, -0.2) is 0 Å². The Kier molecular flexibility index (Phi) is 1.21. The van der Waals surface area contributed by atoms with Gasteiger partial charge in [0, 0.05) is 0 Å². The van der Waals surface area contributed by atoms with E-state index < -0.39 is 0 Å². The van der Waals surface area contributed by atoms with Gasteiger partial charge in [0.2, 0.25) is 0 Å². The number of aryl methyl sites for hydroxylation is 1. The number of aromatic hydroxyl groups is 1. The van der Waals surface area contributed by atoms with Crippen molar-refractivity contribution in [2.75, 3.05) is 0 Å². The second-order valence-electron chi connectivity index (χ2n) is 2.58. The Morgan fingerprint density at radius 2 is 2.17 bits per heavy atom. The van der Waals surface area contributed by atoms with E-state index in [2.05, 4.69) is 10.3 Å². The van der Waals surface area contributed by atoms with Crippen LogP contribution in [0.2, 0.25) is 0 Å². The Labute approximate surface area is 67.8 Å². The highest BCUT2D eigenvalue weighted by Crippen LogP contribution is 2.24. The highest BCUT2D eigenvalue weighted by Gasteiger charge is 2.08. The Hall–Kier alpha value is -1.78.